The third-order valence-corrected chi connectivity index (χ3v) is 16.3. The molecule has 1 saturated carbocycles. The van der Waals surface area contributed by atoms with Crippen LogP contribution in [-0.4, -0.2) is 83.5 Å². The number of carbonyl (C=O) groups is 2. The smallest absolute Gasteiger partial charge is 0.222 e. The van der Waals surface area contributed by atoms with E-state index in [0.717, 1.165) is 58.3 Å². The first-order chi connectivity index (χ1) is 34.5. The van der Waals surface area contributed by atoms with Crippen molar-refractivity contribution in [1.29, 1.82) is 0 Å². The van der Waals surface area contributed by atoms with Crippen molar-refractivity contribution in [1.82, 2.24) is 14.7 Å². The Hall–Kier alpha value is -1.14. The molecule has 70 heavy (non-hydrogen) atoms. The van der Waals surface area contributed by atoms with Gasteiger partial charge in [0.25, 0.3) is 0 Å². The maximum Gasteiger partial charge on any atom is 0.222 e. The molecule has 0 unspecified atom stereocenters. The van der Waals surface area contributed by atoms with Crippen LogP contribution in [0.5, 0.6) is 0 Å². The van der Waals surface area contributed by atoms with Crippen molar-refractivity contribution in [3.05, 3.63) is 0 Å². The fourth-order valence-corrected chi connectivity index (χ4v) is 11.6. The number of hydrogen-bond acceptors (Lipinski definition) is 4. The van der Waals surface area contributed by atoms with Crippen molar-refractivity contribution >= 4 is 11.8 Å². The Morgan fingerprint density at radius 3 is 0.900 bits per heavy atom. The number of aliphatic hydroxyl groups excluding tert-OH is 1. The quantitative estimate of drug-likeness (QED) is 0.0617. The van der Waals surface area contributed by atoms with Gasteiger partial charge in [-0.05, 0) is 89.6 Å². The zero-order valence-corrected chi connectivity index (χ0v) is 48.4. The number of carbonyl (C=O) groups excluding carboxylic acids is 2. The second-order valence-electron chi connectivity index (χ2n) is 22.9. The number of rotatable bonds is 55. The van der Waals surface area contributed by atoms with Crippen molar-refractivity contribution in [2.75, 3.05) is 45.9 Å². The Kier molecular flexibility index (Phi) is 50.4. The predicted octanol–water partition coefficient (Wildman–Crippen LogP) is 19.1. The topological polar surface area (TPSA) is 64.1 Å². The van der Waals surface area contributed by atoms with Gasteiger partial charge in [-0.15, -0.1) is 0 Å². The van der Waals surface area contributed by atoms with Crippen molar-refractivity contribution in [3.63, 3.8) is 0 Å². The summed E-state index contributed by atoms with van der Waals surface area (Å²) < 4.78 is 0. The third kappa shape index (κ3) is 40.3. The first-order valence-corrected chi connectivity index (χ1v) is 32.4. The van der Waals surface area contributed by atoms with Crippen molar-refractivity contribution in [2.24, 2.45) is 5.92 Å². The second kappa shape index (κ2) is 52.7. The highest BCUT2D eigenvalue weighted by Gasteiger charge is 2.29. The first-order valence-electron chi connectivity index (χ1n) is 32.4. The molecule has 416 valence electrons. The van der Waals surface area contributed by atoms with Gasteiger partial charge in [0, 0.05) is 51.7 Å². The Morgan fingerprint density at radius 2 is 0.600 bits per heavy atom. The van der Waals surface area contributed by atoms with Gasteiger partial charge in [0.05, 0.1) is 0 Å². The van der Waals surface area contributed by atoms with Gasteiger partial charge in [0.15, 0.2) is 0 Å². The largest absolute Gasteiger partial charge is 0.396 e. The number of nitrogens with zero attached hydrogens (tertiary/aromatic N) is 3. The lowest BCUT2D eigenvalue weighted by Crippen LogP contribution is -2.44. The molecule has 0 saturated heterocycles. The van der Waals surface area contributed by atoms with Gasteiger partial charge < -0.3 is 19.8 Å². The molecular formula is C64H127N3O3. The molecule has 1 fully saturated rings. The number of unbranched alkanes of at least 4 members (excludes halogenated alkanes) is 36. The van der Waals surface area contributed by atoms with Gasteiger partial charge in [-0.3, -0.25) is 9.59 Å². The summed E-state index contributed by atoms with van der Waals surface area (Å²) >= 11 is 0. The van der Waals surface area contributed by atoms with Crippen LogP contribution >= 0.6 is 0 Å². The lowest BCUT2D eigenvalue weighted by atomic mass is 9.81. The van der Waals surface area contributed by atoms with E-state index in [4.69, 9.17) is 0 Å². The van der Waals surface area contributed by atoms with Crippen LogP contribution in [0.15, 0.2) is 0 Å². The standard InChI is InChI=1S/C64H127N3O3/c1-5-9-13-17-21-25-33-45-56-66(57-46-34-26-22-18-14-10-6-2)63(69)51-39-31-29-37-43-54-65(62-50-42-41-49-61(62)53-60-68)55-44-38-30-32-40-52-64(70)67(58-47-35-27-23-19-15-11-7-3)59-48-36-28-24-20-16-12-8-4/h61-62,68H,5-60H2,1-4H3/t61-,62+/m1/s1. The highest BCUT2D eigenvalue weighted by molar-refractivity contribution is 5.76. The first kappa shape index (κ1) is 66.9. The molecular weight excluding hydrogens is 859 g/mol. The zero-order valence-electron chi connectivity index (χ0n) is 48.4. The van der Waals surface area contributed by atoms with Gasteiger partial charge in [0.2, 0.25) is 11.8 Å². The maximum atomic E-state index is 13.5. The molecule has 0 heterocycles. The highest BCUT2D eigenvalue weighted by Crippen LogP contribution is 2.31. The fraction of sp³-hybridized carbons (Fsp3) is 0.969. The Balaban J connectivity index is 2.53. The van der Waals surface area contributed by atoms with E-state index in [1.807, 2.05) is 0 Å². The minimum Gasteiger partial charge on any atom is -0.396 e. The summed E-state index contributed by atoms with van der Waals surface area (Å²) in [6.07, 6.45) is 61.8. The molecule has 6 heteroatoms. The van der Waals surface area contributed by atoms with E-state index in [-0.39, 0.29) is 0 Å². The molecule has 2 atom stereocenters. The summed E-state index contributed by atoms with van der Waals surface area (Å²) in [6.45, 7) is 15.7. The third-order valence-electron chi connectivity index (χ3n) is 16.3. The fourth-order valence-electron chi connectivity index (χ4n) is 11.6. The molecule has 1 rings (SSSR count). The lowest BCUT2D eigenvalue weighted by Gasteiger charge is -2.40. The van der Waals surface area contributed by atoms with Crippen LogP contribution in [0.1, 0.15) is 342 Å². The maximum absolute atomic E-state index is 13.5. The summed E-state index contributed by atoms with van der Waals surface area (Å²) in [5, 5.41) is 9.97. The second-order valence-corrected chi connectivity index (χ2v) is 22.9. The van der Waals surface area contributed by atoms with Gasteiger partial charge in [-0.25, -0.2) is 0 Å². The molecule has 0 spiro atoms. The number of aliphatic hydroxyl groups is 1. The van der Waals surface area contributed by atoms with Crippen molar-refractivity contribution in [3.8, 4) is 0 Å². The van der Waals surface area contributed by atoms with Gasteiger partial charge in [0.1, 0.15) is 0 Å². The SMILES string of the molecule is CCCCCCCCCCN(CCCCCCCCCC)C(=O)CCCCCCCN(CCCCCCCC(=O)N(CCCCCCCCCC)CCCCCCCCCC)[C@H]1CCCC[C@@H]1CCO. The van der Waals surface area contributed by atoms with Crippen LogP contribution in [-0.2, 0) is 9.59 Å². The molecule has 0 aliphatic heterocycles. The Bertz CT molecular complexity index is 974. The molecule has 1 aliphatic rings. The molecule has 0 bridgehead atoms. The Morgan fingerprint density at radius 1 is 0.343 bits per heavy atom. The zero-order chi connectivity index (χ0) is 50.6. The normalized spacial score (nSPS) is 15.1. The monoisotopic (exact) mass is 986 g/mol. The van der Waals surface area contributed by atoms with Gasteiger partial charge >= 0.3 is 0 Å². The van der Waals surface area contributed by atoms with Crippen LogP contribution in [0.25, 0.3) is 0 Å². The summed E-state index contributed by atoms with van der Waals surface area (Å²) in [7, 11) is 0. The summed E-state index contributed by atoms with van der Waals surface area (Å²) in [5.74, 6) is 1.47. The molecule has 0 radical (unpaired) electrons. The molecule has 0 aromatic rings. The summed E-state index contributed by atoms with van der Waals surface area (Å²) in [6, 6.07) is 0.623. The van der Waals surface area contributed by atoms with Crippen LogP contribution in [0.2, 0.25) is 0 Å². The van der Waals surface area contributed by atoms with Gasteiger partial charge in [-0.2, -0.15) is 0 Å². The molecule has 2 amide bonds. The number of hydrogen-bond donors (Lipinski definition) is 1. The minimum atomic E-state index is 0.317. The van der Waals surface area contributed by atoms with Crippen LogP contribution in [0.4, 0.5) is 0 Å². The molecule has 1 N–H and O–H groups in total. The minimum absolute atomic E-state index is 0.317. The van der Waals surface area contributed by atoms with E-state index in [1.165, 1.54) is 296 Å². The molecule has 1 aliphatic carbocycles. The molecule has 0 aromatic heterocycles. The van der Waals surface area contributed by atoms with Crippen LogP contribution < -0.4 is 0 Å². The summed E-state index contributed by atoms with van der Waals surface area (Å²) in [4.78, 5) is 34.4. The highest BCUT2D eigenvalue weighted by atomic mass is 16.3. The van der Waals surface area contributed by atoms with E-state index < -0.39 is 0 Å². The molecule has 0 aromatic carbocycles. The predicted molar refractivity (Wildman–Crippen MR) is 308 cm³/mol. The van der Waals surface area contributed by atoms with E-state index in [1.54, 1.807) is 0 Å². The van der Waals surface area contributed by atoms with Gasteiger partial charge in [-0.1, -0.05) is 259 Å². The van der Waals surface area contributed by atoms with Crippen LogP contribution in [0.3, 0.4) is 0 Å². The lowest BCUT2D eigenvalue weighted by molar-refractivity contribution is -0.132. The van der Waals surface area contributed by atoms with E-state index in [2.05, 4.69) is 42.4 Å². The molecule has 6 nitrogen and oxygen atoms in total. The average molecular weight is 987 g/mol. The number of amides is 2. The van der Waals surface area contributed by atoms with Crippen LogP contribution in [0, 0.1) is 5.92 Å². The van der Waals surface area contributed by atoms with E-state index in [0.29, 0.717) is 30.4 Å². The van der Waals surface area contributed by atoms with Crippen molar-refractivity contribution in [2.45, 2.75) is 348 Å². The van der Waals surface area contributed by atoms with Crippen molar-refractivity contribution < 1.29 is 14.7 Å². The average Bonchev–Trinajstić information content (AvgIpc) is 3.37. The summed E-state index contributed by atoms with van der Waals surface area (Å²) in [5.41, 5.74) is 0. The van der Waals surface area contributed by atoms with E-state index >= 15 is 0 Å². The van der Waals surface area contributed by atoms with E-state index in [9.17, 15) is 14.7 Å². The Labute approximate surface area is 439 Å².